The largest absolute Gasteiger partial charge is 0.392 e. The molecule has 1 heterocycles. The highest BCUT2D eigenvalue weighted by atomic mass is 79.9. The molecule has 17 heavy (non-hydrogen) atoms. The van der Waals surface area contributed by atoms with E-state index in [0.29, 0.717) is 19.3 Å². The van der Waals surface area contributed by atoms with Gasteiger partial charge in [-0.25, -0.2) is 8.78 Å². The van der Waals surface area contributed by atoms with Crippen LogP contribution in [0, 0.1) is 5.92 Å². The molecule has 1 N–H and O–H groups in total. The van der Waals surface area contributed by atoms with Gasteiger partial charge in [-0.2, -0.15) is 0 Å². The Morgan fingerprint density at radius 3 is 2.59 bits per heavy atom. The number of aliphatic hydroxyl groups is 1. The third-order valence-corrected chi connectivity index (χ3v) is 4.99. The predicted molar refractivity (Wildman–Crippen MR) is 68.6 cm³/mol. The highest BCUT2D eigenvalue weighted by Gasteiger charge is 2.37. The fraction of sp³-hybridized carbons (Fsp3) is 0.667. The molecule has 1 saturated carbocycles. The van der Waals surface area contributed by atoms with E-state index in [1.807, 2.05) is 12.1 Å². The molecule has 1 atom stereocenters. The van der Waals surface area contributed by atoms with Gasteiger partial charge in [0, 0.05) is 24.1 Å². The van der Waals surface area contributed by atoms with E-state index in [4.69, 9.17) is 0 Å². The molecule has 1 aliphatic rings. The molecule has 0 spiro atoms. The van der Waals surface area contributed by atoms with E-state index in [2.05, 4.69) is 15.9 Å². The summed E-state index contributed by atoms with van der Waals surface area (Å²) in [6, 6.07) is 3.91. The summed E-state index contributed by atoms with van der Waals surface area (Å²) in [5, 5.41) is 10.1. The van der Waals surface area contributed by atoms with Crippen LogP contribution in [0.15, 0.2) is 15.9 Å². The van der Waals surface area contributed by atoms with E-state index in [1.54, 1.807) is 11.3 Å². The normalized spacial score (nSPS) is 22.6. The molecule has 0 radical (unpaired) electrons. The van der Waals surface area contributed by atoms with Crippen LogP contribution >= 0.6 is 27.3 Å². The van der Waals surface area contributed by atoms with Gasteiger partial charge in [-0.05, 0) is 46.8 Å². The van der Waals surface area contributed by atoms with Crippen molar-refractivity contribution in [3.05, 3.63) is 20.8 Å². The van der Waals surface area contributed by atoms with Crippen LogP contribution in [0.1, 0.15) is 30.6 Å². The molecule has 1 nitrogen and oxygen atoms in total. The summed E-state index contributed by atoms with van der Waals surface area (Å²) in [7, 11) is 0. The van der Waals surface area contributed by atoms with Gasteiger partial charge in [-0.3, -0.25) is 0 Å². The zero-order chi connectivity index (χ0) is 12.5. The Hall–Kier alpha value is -0.0000000000000000833. The Kier molecular flexibility index (Phi) is 4.21. The zero-order valence-electron chi connectivity index (χ0n) is 9.33. The third kappa shape index (κ3) is 3.73. The molecule has 1 unspecified atom stereocenters. The van der Waals surface area contributed by atoms with Crippen molar-refractivity contribution in [2.45, 2.75) is 44.1 Å². The number of hydrogen-bond acceptors (Lipinski definition) is 2. The fourth-order valence-electron chi connectivity index (χ4n) is 2.28. The monoisotopic (exact) mass is 324 g/mol. The van der Waals surface area contributed by atoms with Crippen LogP contribution in [0.4, 0.5) is 8.78 Å². The van der Waals surface area contributed by atoms with Gasteiger partial charge in [0.15, 0.2) is 0 Å². The lowest BCUT2D eigenvalue weighted by atomic mass is 9.82. The summed E-state index contributed by atoms with van der Waals surface area (Å²) < 4.78 is 27.0. The van der Waals surface area contributed by atoms with E-state index >= 15 is 0 Å². The summed E-state index contributed by atoms with van der Waals surface area (Å²) in [6.07, 6.45) is 0.788. The lowest BCUT2D eigenvalue weighted by Crippen LogP contribution is -2.32. The van der Waals surface area contributed by atoms with Crippen molar-refractivity contribution in [2.24, 2.45) is 5.92 Å². The summed E-state index contributed by atoms with van der Waals surface area (Å²) in [5.41, 5.74) is 0. The molecule has 1 fully saturated rings. The minimum absolute atomic E-state index is 0.0236. The minimum atomic E-state index is -2.51. The first-order chi connectivity index (χ1) is 7.96. The average molecular weight is 325 g/mol. The number of halogens is 3. The molecule has 1 aromatic heterocycles. The standard InChI is InChI=1S/C12H15BrF2OS/c13-11-2-1-9(17-11)7-10(16)8-3-5-12(14,15)6-4-8/h1-2,8,10,16H,3-7H2. The maximum absolute atomic E-state index is 13.0. The number of alkyl halides is 2. The summed E-state index contributed by atoms with van der Waals surface area (Å²) in [5.74, 6) is -2.49. The van der Waals surface area contributed by atoms with Crippen molar-refractivity contribution in [1.82, 2.24) is 0 Å². The quantitative estimate of drug-likeness (QED) is 0.881. The second-order valence-corrected chi connectivity index (χ2v) is 7.22. The Bertz CT molecular complexity index is 370. The molecule has 5 heteroatoms. The first-order valence-corrected chi connectivity index (χ1v) is 7.37. The molecule has 0 aromatic carbocycles. The highest BCUT2D eigenvalue weighted by Crippen LogP contribution is 2.38. The van der Waals surface area contributed by atoms with Gasteiger partial charge in [0.1, 0.15) is 0 Å². The van der Waals surface area contributed by atoms with Crippen molar-refractivity contribution in [2.75, 3.05) is 0 Å². The summed E-state index contributed by atoms with van der Waals surface area (Å²) in [6.45, 7) is 0. The lowest BCUT2D eigenvalue weighted by Gasteiger charge is -2.31. The van der Waals surface area contributed by atoms with Crippen LogP contribution in [0.2, 0.25) is 0 Å². The van der Waals surface area contributed by atoms with Crippen LogP contribution < -0.4 is 0 Å². The number of aliphatic hydroxyl groups excluding tert-OH is 1. The van der Waals surface area contributed by atoms with E-state index in [-0.39, 0.29) is 18.8 Å². The van der Waals surface area contributed by atoms with Crippen LogP contribution in [0.3, 0.4) is 0 Å². The van der Waals surface area contributed by atoms with Crippen molar-refractivity contribution in [3.8, 4) is 0 Å². The average Bonchev–Trinajstić information content (AvgIpc) is 2.63. The van der Waals surface area contributed by atoms with E-state index in [1.165, 1.54) is 0 Å². The smallest absolute Gasteiger partial charge is 0.248 e. The van der Waals surface area contributed by atoms with Crippen LogP contribution in [0.25, 0.3) is 0 Å². The van der Waals surface area contributed by atoms with Gasteiger partial charge in [0.2, 0.25) is 5.92 Å². The fourth-order valence-corrected chi connectivity index (χ4v) is 3.81. The van der Waals surface area contributed by atoms with Crippen LogP contribution in [-0.2, 0) is 6.42 Å². The Morgan fingerprint density at radius 2 is 2.06 bits per heavy atom. The van der Waals surface area contributed by atoms with Crippen LogP contribution in [-0.4, -0.2) is 17.1 Å². The van der Waals surface area contributed by atoms with E-state index < -0.39 is 12.0 Å². The van der Waals surface area contributed by atoms with Gasteiger partial charge in [-0.15, -0.1) is 11.3 Å². The molecule has 0 aliphatic heterocycles. The van der Waals surface area contributed by atoms with Crippen molar-refractivity contribution < 1.29 is 13.9 Å². The second kappa shape index (κ2) is 5.33. The Morgan fingerprint density at radius 1 is 1.41 bits per heavy atom. The first kappa shape index (κ1) is 13.4. The van der Waals surface area contributed by atoms with Gasteiger partial charge >= 0.3 is 0 Å². The highest BCUT2D eigenvalue weighted by molar-refractivity contribution is 9.11. The molecule has 0 saturated heterocycles. The van der Waals surface area contributed by atoms with E-state index in [0.717, 1.165) is 8.66 Å². The van der Waals surface area contributed by atoms with Gasteiger partial charge in [0.25, 0.3) is 0 Å². The van der Waals surface area contributed by atoms with Crippen molar-refractivity contribution in [1.29, 1.82) is 0 Å². The zero-order valence-corrected chi connectivity index (χ0v) is 11.7. The predicted octanol–water partition coefficient (Wildman–Crippen LogP) is 4.24. The maximum atomic E-state index is 13.0. The number of hydrogen-bond donors (Lipinski definition) is 1. The maximum Gasteiger partial charge on any atom is 0.248 e. The third-order valence-electron chi connectivity index (χ3n) is 3.35. The number of thiophene rings is 1. The molecular formula is C12H15BrF2OS. The molecule has 2 rings (SSSR count). The molecule has 0 bridgehead atoms. The van der Waals surface area contributed by atoms with E-state index in [9.17, 15) is 13.9 Å². The Balaban J connectivity index is 1.87. The molecule has 0 amide bonds. The second-order valence-electron chi connectivity index (χ2n) is 4.67. The molecule has 1 aliphatic carbocycles. The summed E-state index contributed by atoms with van der Waals surface area (Å²) in [4.78, 5) is 1.10. The lowest BCUT2D eigenvalue weighted by molar-refractivity contribution is -0.0618. The summed E-state index contributed by atoms with van der Waals surface area (Å²) >= 11 is 4.96. The Labute approximate surface area is 112 Å². The SMILES string of the molecule is OC(Cc1ccc(Br)s1)C1CCC(F)(F)CC1. The van der Waals surface area contributed by atoms with Crippen molar-refractivity contribution in [3.63, 3.8) is 0 Å². The van der Waals surface area contributed by atoms with Crippen molar-refractivity contribution >= 4 is 27.3 Å². The van der Waals surface area contributed by atoms with Crippen LogP contribution in [0.5, 0.6) is 0 Å². The molecule has 1 aromatic rings. The molecule has 96 valence electrons. The van der Waals surface area contributed by atoms with Gasteiger partial charge < -0.3 is 5.11 Å². The number of rotatable bonds is 3. The van der Waals surface area contributed by atoms with Gasteiger partial charge in [0.05, 0.1) is 9.89 Å². The minimum Gasteiger partial charge on any atom is -0.392 e. The molecular weight excluding hydrogens is 310 g/mol. The van der Waals surface area contributed by atoms with Gasteiger partial charge in [-0.1, -0.05) is 0 Å². The first-order valence-electron chi connectivity index (χ1n) is 5.76. The topological polar surface area (TPSA) is 20.2 Å².